The Balaban J connectivity index is 1.78. The first-order valence-corrected chi connectivity index (χ1v) is 10.3. The summed E-state index contributed by atoms with van der Waals surface area (Å²) in [6.45, 7) is 10.6. The molecule has 2 aromatic heterocycles. The second-order valence-corrected chi connectivity index (χ2v) is 9.35. The molecule has 1 aliphatic rings. The number of nitrogens with zero attached hydrogens (tertiary/aromatic N) is 4. The van der Waals surface area contributed by atoms with E-state index in [0.29, 0.717) is 16.5 Å². The van der Waals surface area contributed by atoms with Crippen molar-refractivity contribution in [1.82, 2.24) is 14.8 Å². The van der Waals surface area contributed by atoms with E-state index >= 15 is 0 Å². The first-order chi connectivity index (χ1) is 12.7. The second kappa shape index (κ2) is 7.47. The summed E-state index contributed by atoms with van der Waals surface area (Å²) in [5, 5.41) is 14.5. The fourth-order valence-electron chi connectivity index (χ4n) is 3.65. The van der Waals surface area contributed by atoms with E-state index in [2.05, 4.69) is 31.9 Å². The smallest absolute Gasteiger partial charge is 0.257 e. The molecule has 0 saturated heterocycles. The van der Waals surface area contributed by atoms with Crippen molar-refractivity contribution in [2.24, 2.45) is 11.3 Å². The van der Waals surface area contributed by atoms with Gasteiger partial charge in [-0.2, -0.15) is 10.4 Å². The van der Waals surface area contributed by atoms with E-state index in [-0.39, 0.29) is 17.1 Å². The largest absolute Gasteiger partial charge is 0.272 e. The standard InChI is InChI=1S/C21H26N4OS/c1-13-8-14(2)25(24-13)19(26)12-27-20-16(11-22)9-15-10-17(21(3,4)5)6-7-18(15)23-20/h8-9,17H,6-7,10,12H2,1-5H3. The third-order valence-corrected chi connectivity index (χ3v) is 6.25. The van der Waals surface area contributed by atoms with Crippen LogP contribution in [0.3, 0.4) is 0 Å². The molecule has 2 aromatic rings. The van der Waals surface area contributed by atoms with E-state index in [1.807, 2.05) is 26.0 Å². The third kappa shape index (κ3) is 4.24. The Bertz CT molecular complexity index is 917. The van der Waals surface area contributed by atoms with Crippen LogP contribution in [-0.2, 0) is 12.8 Å². The van der Waals surface area contributed by atoms with Gasteiger partial charge in [-0.15, -0.1) is 0 Å². The molecule has 0 bridgehead atoms. The summed E-state index contributed by atoms with van der Waals surface area (Å²) in [5.41, 5.74) is 4.73. The summed E-state index contributed by atoms with van der Waals surface area (Å²) in [6, 6.07) is 6.12. The summed E-state index contributed by atoms with van der Waals surface area (Å²) >= 11 is 1.33. The first-order valence-electron chi connectivity index (χ1n) is 9.31. The maximum atomic E-state index is 12.5. The Morgan fingerprint density at radius 3 is 2.70 bits per heavy atom. The Labute approximate surface area is 165 Å². The summed E-state index contributed by atoms with van der Waals surface area (Å²) < 4.78 is 1.43. The molecule has 0 fully saturated rings. The zero-order valence-corrected chi connectivity index (χ0v) is 17.5. The van der Waals surface area contributed by atoms with Crippen molar-refractivity contribution in [3.05, 3.63) is 40.3 Å². The van der Waals surface area contributed by atoms with Crippen molar-refractivity contribution in [3.63, 3.8) is 0 Å². The number of rotatable bonds is 3. The molecule has 0 amide bonds. The van der Waals surface area contributed by atoms with Gasteiger partial charge in [-0.05, 0) is 62.1 Å². The molecule has 1 unspecified atom stereocenters. The predicted octanol–water partition coefficient (Wildman–Crippen LogP) is 4.35. The van der Waals surface area contributed by atoms with Crippen LogP contribution in [0.1, 0.15) is 60.2 Å². The number of pyridine rings is 1. The third-order valence-electron chi connectivity index (χ3n) is 5.28. The maximum absolute atomic E-state index is 12.5. The number of fused-ring (bicyclic) bond motifs is 1. The van der Waals surface area contributed by atoms with Crippen molar-refractivity contribution in [1.29, 1.82) is 5.26 Å². The molecule has 0 radical (unpaired) electrons. The number of thioether (sulfide) groups is 1. The number of aryl methyl sites for hydroxylation is 3. The molecule has 0 N–H and O–H groups in total. The highest BCUT2D eigenvalue weighted by atomic mass is 32.2. The molecule has 5 nitrogen and oxygen atoms in total. The van der Waals surface area contributed by atoms with Gasteiger partial charge in [0.15, 0.2) is 0 Å². The van der Waals surface area contributed by atoms with Gasteiger partial charge < -0.3 is 0 Å². The Kier molecular flexibility index (Phi) is 5.43. The Morgan fingerprint density at radius 2 is 2.11 bits per heavy atom. The Hall–Kier alpha value is -2.13. The molecular formula is C21H26N4OS. The average molecular weight is 383 g/mol. The molecule has 142 valence electrons. The summed E-state index contributed by atoms with van der Waals surface area (Å²) in [7, 11) is 0. The van der Waals surface area contributed by atoms with Gasteiger partial charge in [0.1, 0.15) is 11.1 Å². The first kappa shape index (κ1) is 19.6. The average Bonchev–Trinajstić information content (AvgIpc) is 2.95. The molecule has 1 atom stereocenters. The number of hydrogen-bond donors (Lipinski definition) is 0. The van der Waals surface area contributed by atoms with Gasteiger partial charge in [0.2, 0.25) is 0 Å². The van der Waals surface area contributed by atoms with Crippen molar-refractivity contribution in [3.8, 4) is 6.07 Å². The topological polar surface area (TPSA) is 71.6 Å². The van der Waals surface area contributed by atoms with Crippen LogP contribution in [0.4, 0.5) is 0 Å². The summed E-state index contributed by atoms with van der Waals surface area (Å²) in [5.74, 6) is 0.721. The molecular weight excluding hydrogens is 356 g/mol. The van der Waals surface area contributed by atoms with Crippen LogP contribution in [0.25, 0.3) is 0 Å². The maximum Gasteiger partial charge on any atom is 0.257 e. The highest BCUT2D eigenvalue weighted by Crippen LogP contribution is 2.38. The molecule has 0 spiro atoms. The zero-order valence-electron chi connectivity index (χ0n) is 16.7. The summed E-state index contributed by atoms with van der Waals surface area (Å²) in [4.78, 5) is 17.2. The Morgan fingerprint density at radius 1 is 1.37 bits per heavy atom. The highest BCUT2D eigenvalue weighted by Gasteiger charge is 2.30. The molecule has 2 heterocycles. The number of nitriles is 1. The van der Waals surface area contributed by atoms with Crippen LogP contribution in [-0.4, -0.2) is 26.4 Å². The van der Waals surface area contributed by atoms with Crippen LogP contribution in [0.15, 0.2) is 17.2 Å². The number of aromatic nitrogens is 3. The lowest BCUT2D eigenvalue weighted by Crippen LogP contribution is -2.27. The minimum atomic E-state index is -0.0955. The molecule has 6 heteroatoms. The quantitative estimate of drug-likeness (QED) is 0.738. The van der Waals surface area contributed by atoms with Crippen LogP contribution >= 0.6 is 11.8 Å². The fraction of sp³-hybridized carbons (Fsp3) is 0.524. The van der Waals surface area contributed by atoms with Gasteiger partial charge in [0.05, 0.1) is 17.0 Å². The monoisotopic (exact) mass is 382 g/mol. The van der Waals surface area contributed by atoms with Crippen LogP contribution in [0.5, 0.6) is 0 Å². The normalized spacial score (nSPS) is 16.7. The van der Waals surface area contributed by atoms with Crippen molar-refractivity contribution in [2.45, 2.75) is 58.9 Å². The van der Waals surface area contributed by atoms with E-state index in [9.17, 15) is 10.1 Å². The molecule has 1 aliphatic carbocycles. The molecule has 3 rings (SSSR count). The lowest BCUT2D eigenvalue weighted by molar-refractivity contribution is 0.0924. The lowest BCUT2D eigenvalue weighted by Gasteiger charge is -2.34. The van der Waals surface area contributed by atoms with Gasteiger partial charge in [-0.1, -0.05) is 32.5 Å². The minimum absolute atomic E-state index is 0.0955. The highest BCUT2D eigenvalue weighted by molar-refractivity contribution is 8.00. The van der Waals surface area contributed by atoms with Crippen LogP contribution in [0.2, 0.25) is 0 Å². The molecule has 27 heavy (non-hydrogen) atoms. The number of hydrogen-bond acceptors (Lipinski definition) is 5. The fourth-order valence-corrected chi connectivity index (χ4v) is 4.46. The predicted molar refractivity (Wildman–Crippen MR) is 107 cm³/mol. The van der Waals surface area contributed by atoms with Crippen LogP contribution in [0, 0.1) is 36.5 Å². The number of carbonyl (C=O) groups is 1. The summed E-state index contributed by atoms with van der Waals surface area (Å²) in [6.07, 6.45) is 3.02. The zero-order chi connectivity index (χ0) is 19.8. The van der Waals surface area contributed by atoms with Crippen LogP contribution < -0.4 is 0 Å². The van der Waals surface area contributed by atoms with Gasteiger partial charge in [-0.25, -0.2) is 9.67 Å². The lowest BCUT2D eigenvalue weighted by atomic mass is 9.71. The van der Waals surface area contributed by atoms with E-state index in [0.717, 1.165) is 36.3 Å². The van der Waals surface area contributed by atoms with Crippen molar-refractivity contribution < 1.29 is 4.79 Å². The number of carbonyl (C=O) groups excluding carboxylic acids is 1. The molecule has 0 aromatic carbocycles. The van der Waals surface area contributed by atoms with E-state index < -0.39 is 0 Å². The molecule has 0 saturated carbocycles. The molecule has 0 aliphatic heterocycles. The van der Waals surface area contributed by atoms with E-state index in [1.165, 1.54) is 22.0 Å². The minimum Gasteiger partial charge on any atom is -0.272 e. The van der Waals surface area contributed by atoms with Gasteiger partial charge >= 0.3 is 0 Å². The second-order valence-electron chi connectivity index (χ2n) is 8.39. The van der Waals surface area contributed by atoms with Crippen molar-refractivity contribution >= 4 is 17.7 Å². The van der Waals surface area contributed by atoms with Gasteiger partial charge in [0.25, 0.3) is 5.91 Å². The SMILES string of the molecule is Cc1cc(C)n(C(=O)CSc2nc3c(cc2C#N)CC(C(C)(C)C)CC3)n1. The van der Waals surface area contributed by atoms with Crippen molar-refractivity contribution in [2.75, 3.05) is 5.75 Å². The van der Waals surface area contributed by atoms with Gasteiger partial charge in [-0.3, -0.25) is 4.79 Å². The van der Waals surface area contributed by atoms with E-state index in [4.69, 9.17) is 4.98 Å². The van der Waals surface area contributed by atoms with Gasteiger partial charge in [0, 0.05) is 11.4 Å². The van der Waals surface area contributed by atoms with E-state index in [1.54, 1.807) is 0 Å².